The monoisotopic (exact) mass is 444 g/mol. The largest absolute Gasteiger partial charge is 0.497 e. The minimum absolute atomic E-state index is 0.0683. The van der Waals surface area contributed by atoms with Crippen molar-refractivity contribution in [2.45, 2.75) is 6.92 Å². The van der Waals surface area contributed by atoms with Gasteiger partial charge in [-0.25, -0.2) is 9.69 Å². The highest BCUT2D eigenvalue weighted by Gasteiger charge is 2.37. The van der Waals surface area contributed by atoms with Crippen LogP contribution in [0.5, 0.6) is 5.75 Å². The van der Waals surface area contributed by atoms with Crippen LogP contribution in [0.2, 0.25) is 0 Å². The van der Waals surface area contributed by atoms with Crippen molar-refractivity contribution in [2.24, 2.45) is 0 Å². The van der Waals surface area contributed by atoms with E-state index in [0.29, 0.717) is 17.1 Å². The summed E-state index contributed by atoms with van der Waals surface area (Å²) in [6, 6.07) is 17.9. The van der Waals surface area contributed by atoms with Gasteiger partial charge in [0.1, 0.15) is 5.75 Å². The van der Waals surface area contributed by atoms with E-state index in [1.54, 1.807) is 49.4 Å². The van der Waals surface area contributed by atoms with Gasteiger partial charge >= 0.3 is 5.97 Å². The molecule has 3 amide bonds. The molecule has 0 radical (unpaired) electrons. The molecular weight excluding hydrogens is 424 g/mol. The number of ether oxygens (including phenoxy) is 2. The van der Waals surface area contributed by atoms with Crippen LogP contribution in [-0.2, 0) is 9.53 Å². The van der Waals surface area contributed by atoms with Crippen LogP contribution in [0.25, 0.3) is 0 Å². The van der Waals surface area contributed by atoms with Crippen molar-refractivity contribution < 1.29 is 28.7 Å². The van der Waals surface area contributed by atoms with E-state index in [0.717, 1.165) is 10.5 Å². The number of fused-ring (bicyclic) bond motifs is 1. The maximum absolute atomic E-state index is 12.9. The molecule has 1 N–H and O–H groups in total. The van der Waals surface area contributed by atoms with E-state index in [-0.39, 0.29) is 16.7 Å². The lowest BCUT2D eigenvalue weighted by Crippen LogP contribution is -2.29. The molecule has 8 heteroatoms. The van der Waals surface area contributed by atoms with Gasteiger partial charge in [-0.1, -0.05) is 18.2 Å². The van der Waals surface area contributed by atoms with Crippen LogP contribution in [0.15, 0.2) is 66.7 Å². The molecule has 0 aromatic heterocycles. The summed E-state index contributed by atoms with van der Waals surface area (Å²) in [7, 11) is 1.54. The van der Waals surface area contributed by atoms with Crippen molar-refractivity contribution in [3.8, 4) is 5.75 Å². The summed E-state index contributed by atoms with van der Waals surface area (Å²) in [5, 5.41) is 2.61. The quantitative estimate of drug-likeness (QED) is 0.460. The van der Waals surface area contributed by atoms with Crippen LogP contribution in [-0.4, -0.2) is 37.4 Å². The van der Waals surface area contributed by atoms with Crippen molar-refractivity contribution >= 4 is 35.1 Å². The highest BCUT2D eigenvalue weighted by molar-refractivity contribution is 6.34. The summed E-state index contributed by atoms with van der Waals surface area (Å²) >= 11 is 0. The Morgan fingerprint density at radius 2 is 1.61 bits per heavy atom. The maximum atomic E-state index is 12.9. The zero-order valence-corrected chi connectivity index (χ0v) is 18.0. The molecule has 3 aromatic rings. The number of rotatable bonds is 6. The molecule has 0 aliphatic carbocycles. The number of methoxy groups -OCH3 is 1. The number of esters is 1. The Hall–Kier alpha value is -4.46. The molecule has 1 heterocycles. The van der Waals surface area contributed by atoms with Crippen molar-refractivity contribution in [1.82, 2.24) is 0 Å². The summed E-state index contributed by atoms with van der Waals surface area (Å²) in [5.74, 6) is -1.63. The maximum Gasteiger partial charge on any atom is 0.338 e. The van der Waals surface area contributed by atoms with Gasteiger partial charge in [0.15, 0.2) is 6.61 Å². The Kier molecular flexibility index (Phi) is 5.91. The third-order valence-electron chi connectivity index (χ3n) is 5.19. The van der Waals surface area contributed by atoms with Gasteiger partial charge in [0.2, 0.25) is 0 Å². The second-order valence-corrected chi connectivity index (χ2v) is 7.35. The number of carbonyl (C=O) groups excluding carboxylic acids is 4. The lowest BCUT2D eigenvalue weighted by Gasteiger charge is -2.16. The molecule has 8 nitrogen and oxygen atoms in total. The number of nitrogens with zero attached hydrogens (tertiary/aromatic N) is 1. The lowest BCUT2D eigenvalue weighted by molar-refractivity contribution is -0.119. The first-order valence-corrected chi connectivity index (χ1v) is 10.1. The number of para-hydroxylation sites is 1. The number of amides is 3. The van der Waals surface area contributed by atoms with Crippen LogP contribution in [0, 0.1) is 6.92 Å². The lowest BCUT2D eigenvalue weighted by atomic mass is 10.1. The molecule has 4 rings (SSSR count). The Morgan fingerprint density at radius 1 is 0.909 bits per heavy atom. The van der Waals surface area contributed by atoms with E-state index in [9.17, 15) is 19.2 Å². The molecule has 0 bridgehead atoms. The highest BCUT2D eigenvalue weighted by atomic mass is 16.5. The Labute approximate surface area is 189 Å². The summed E-state index contributed by atoms with van der Waals surface area (Å²) in [4.78, 5) is 51.4. The van der Waals surface area contributed by atoms with Gasteiger partial charge in [-0.2, -0.15) is 0 Å². The number of carbonyl (C=O) groups is 4. The Morgan fingerprint density at radius 3 is 2.30 bits per heavy atom. The first-order chi connectivity index (χ1) is 15.9. The number of hydrogen-bond acceptors (Lipinski definition) is 6. The minimum Gasteiger partial charge on any atom is -0.497 e. The van der Waals surface area contributed by atoms with Crippen LogP contribution in [0.4, 0.5) is 11.4 Å². The van der Waals surface area contributed by atoms with Crippen molar-refractivity contribution in [2.75, 3.05) is 23.9 Å². The number of aryl methyl sites for hydroxylation is 1. The predicted molar refractivity (Wildman–Crippen MR) is 121 cm³/mol. The van der Waals surface area contributed by atoms with Crippen LogP contribution >= 0.6 is 0 Å². The molecule has 33 heavy (non-hydrogen) atoms. The van der Waals surface area contributed by atoms with Gasteiger partial charge in [0, 0.05) is 5.69 Å². The fourth-order valence-electron chi connectivity index (χ4n) is 3.49. The second kappa shape index (κ2) is 8.96. The fourth-order valence-corrected chi connectivity index (χ4v) is 3.49. The molecular formula is C25H20N2O6. The molecule has 166 valence electrons. The first kappa shape index (κ1) is 21.8. The average molecular weight is 444 g/mol. The molecule has 3 aromatic carbocycles. The topological polar surface area (TPSA) is 102 Å². The Balaban J connectivity index is 1.43. The van der Waals surface area contributed by atoms with Gasteiger partial charge in [-0.15, -0.1) is 0 Å². The van der Waals surface area contributed by atoms with E-state index in [4.69, 9.17) is 9.47 Å². The SMILES string of the molecule is COc1ccc(NC(=O)COC(=O)c2ccc3c(c2)C(=O)N(c2ccccc2C)C3=O)cc1. The molecule has 0 spiro atoms. The van der Waals surface area contributed by atoms with Gasteiger partial charge in [0.25, 0.3) is 17.7 Å². The van der Waals surface area contributed by atoms with E-state index in [2.05, 4.69) is 5.32 Å². The zero-order chi connectivity index (χ0) is 23.5. The van der Waals surface area contributed by atoms with E-state index >= 15 is 0 Å². The molecule has 0 fully saturated rings. The summed E-state index contributed by atoms with van der Waals surface area (Å²) in [6.07, 6.45) is 0. The van der Waals surface area contributed by atoms with Gasteiger partial charge in [0.05, 0.1) is 29.5 Å². The molecule has 0 saturated heterocycles. The first-order valence-electron chi connectivity index (χ1n) is 10.1. The highest BCUT2D eigenvalue weighted by Crippen LogP contribution is 2.31. The smallest absolute Gasteiger partial charge is 0.338 e. The number of nitrogens with one attached hydrogen (secondary N) is 1. The summed E-state index contributed by atoms with van der Waals surface area (Å²) < 4.78 is 10.1. The number of imide groups is 1. The number of hydrogen-bond donors (Lipinski definition) is 1. The number of benzene rings is 3. The zero-order valence-electron chi connectivity index (χ0n) is 18.0. The van der Waals surface area contributed by atoms with E-state index in [1.807, 2.05) is 6.07 Å². The molecule has 0 unspecified atom stereocenters. The second-order valence-electron chi connectivity index (χ2n) is 7.35. The molecule has 1 aliphatic heterocycles. The van der Waals surface area contributed by atoms with Crippen LogP contribution in [0.1, 0.15) is 36.6 Å². The van der Waals surface area contributed by atoms with E-state index in [1.165, 1.54) is 25.3 Å². The van der Waals surface area contributed by atoms with E-state index < -0.39 is 30.3 Å². The third kappa shape index (κ3) is 4.31. The molecule has 0 saturated carbocycles. The van der Waals surface area contributed by atoms with Gasteiger partial charge in [-0.05, 0) is 61.0 Å². The van der Waals surface area contributed by atoms with Crippen molar-refractivity contribution in [3.05, 3.63) is 89.0 Å². The van der Waals surface area contributed by atoms with Crippen molar-refractivity contribution in [1.29, 1.82) is 0 Å². The van der Waals surface area contributed by atoms with Crippen molar-refractivity contribution in [3.63, 3.8) is 0 Å². The molecule has 0 atom stereocenters. The molecule has 1 aliphatic rings. The Bertz CT molecular complexity index is 1270. The number of anilines is 2. The standard InChI is InChI=1S/C25H20N2O6/c1-15-5-3-4-6-21(15)27-23(29)19-12-7-16(13-20(19)24(27)30)25(31)33-14-22(28)26-17-8-10-18(32-2)11-9-17/h3-13H,14H2,1-2H3,(H,26,28). The normalized spacial score (nSPS) is 12.4. The fraction of sp³-hybridized carbons (Fsp3) is 0.120. The predicted octanol–water partition coefficient (Wildman–Crippen LogP) is 3.60. The minimum atomic E-state index is -0.780. The van der Waals surface area contributed by atoms with Crippen LogP contribution in [0.3, 0.4) is 0 Å². The summed E-state index contributed by atoms with van der Waals surface area (Å²) in [6.45, 7) is 1.29. The average Bonchev–Trinajstić information content (AvgIpc) is 3.07. The van der Waals surface area contributed by atoms with Gasteiger partial charge in [-0.3, -0.25) is 14.4 Å². The summed E-state index contributed by atoms with van der Waals surface area (Å²) in [5.41, 5.74) is 2.17. The third-order valence-corrected chi connectivity index (χ3v) is 5.19. The van der Waals surface area contributed by atoms with Crippen LogP contribution < -0.4 is 15.0 Å². The van der Waals surface area contributed by atoms with Gasteiger partial charge < -0.3 is 14.8 Å².